The molecule has 1 unspecified atom stereocenters. The van der Waals surface area contributed by atoms with Crippen LogP contribution in [0.2, 0.25) is 0 Å². The maximum absolute atomic E-state index is 10.7. The Kier molecular flexibility index (Phi) is 2.66. The fraction of sp³-hybridized carbons (Fsp3) is 0.900. The average Bonchev–Trinajstić information content (AvgIpc) is 2.28. The van der Waals surface area contributed by atoms with Gasteiger partial charge in [-0.05, 0) is 30.2 Å². The van der Waals surface area contributed by atoms with Crippen molar-refractivity contribution in [2.45, 2.75) is 39.5 Å². The Bertz CT molecular complexity index is 217. The molecule has 1 aliphatic carbocycles. The normalized spacial score (nSPS) is 39.3. The molecule has 1 saturated carbocycles. The van der Waals surface area contributed by atoms with Crippen molar-refractivity contribution >= 4 is 5.97 Å². The zero-order valence-corrected chi connectivity index (χ0v) is 8.47. The molecule has 1 aliphatic rings. The molecule has 0 aromatic heterocycles. The first kappa shape index (κ1) is 10.5. The Labute approximate surface area is 79.3 Å². The van der Waals surface area contributed by atoms with Crippen molar-refractivity contribution in [2.75, 3.05) is 6.54 Å². The molecule has 0 amide bonds. The highest BCUT2D eigenvalue weighted by Gasteiger charge is 2.48. The SMILES string of the molecule is CC1(CC(=O)O)CCC[C@]1(C)CN. The number of carboxylic acids is 1. The lowest BCUT2D eigenvalue weighted by Gasteiger charge is -2.39. The molecular formula is C10H19NO2. The number of nitrogens with two attached hydrogens (primary N) is 1. The monoisotopic (exact) mass is 185 g/mol. The summed E-state index contributed by atoms with van der Waals surface area (Å²) in [5.74, 6) is -0.705. The Morgan fingerprint density at radius 3 is 2.38 bits per heavy atom. The summed E-state index contributed by atoms with van der Waals surface area (Å²) in [7, 11) is 0. The van der Waals surface area contributed by atoms with Gasteiger partial charge in [0, 0.05) is 0 Å². The van der Waals surface area contributed by atoms with Gasteiger partial charge in [0.2, 0.25) is 0 Å². The average molecular weight is 185 g/mol. The summed E-state index contributed by atoms with van der Waals surface area (Å²) >= 11 is 0. The van der Waals surface area contributed by atoms with E-state index < -0.39 is 5.97 Å². The van der Waals surface area contributed by atoms with Gasteiger partial charge in [-0.2, -0.15) is 0 Å². The first-order chi connectivity index (χ1) is 5.93. The maximum Gasteiger partial charge on any atom is 0.303 e. The van der Waals surface area contributed by atoms with Crippen molar-refractivity contribution in [3.63, 3.8) is 0 Å². The number of aliphatic carboxylic acids is 1. The highest BCUT2D eigenvalue weighted by Crippen LogP contribution is 2.53. The molecule has 0 spiro atoms. The summed E-state index contributed by atoms with van der Waals surface area (Å²) in [6.07, 6.45) is 3.42. The second kappa shape index (κ2) is 3.29. The van der Waals surface area contributed by atoms with Gasteiger partial charge in [0.05, 0.1) is 6.42 Å². The third-order valence-electron chi connectivity index (χ3n) is 3.91. The van der Waals surface area contributed by atoms with Crippen LogP contribution in [0.4, 0.5) is 0 Å². The van der Waals surface area contributed by atoms with Crippen molar-refractivity contribution in [3.05, 3.63) is 0 Å². The highest BCUT2D eigenvalue weighted by molar-refractivity contribution is 5.67. The molecule has 0 bridgehead atoms. The van der Waals surface area contributed by atoms with Crippen molar-refractivity contribution in [1.82, 2.24) is 0 Å². The summed E-state index contributed by atoms with van der Waals surface area (Å²) in [5, 5.41) is 8.83. The molecule has 3 heteroatoms. The molecule has 0 aliphatic heterocycles. The summed E-state index contributed by atoms with van der Waals surface area (Å²) in [4.78, 5) is 10.7. The summed E-state index contributed by atoms with van der Waals surface area (Å²) < 4.78 is 0. The van der Waals surface area contributed by atoms with E-state index in [2.05, 4.69) is 13.8 Å². The van der Waals surface area contributed by atoms with Crippen LogP contribution in [-0.2, 0) is 4.79 Å². The van der Waals surface area contributed by atoms with Crippen LogP contribution >= 0.6 is 0 Å². The standard InChI is InChI=1S/C10H19NO2/c1-9(6-8(12)13)4-3-5-10(9,2)7-11/h3-7,11H2,1-2H3,(H,12,13)/t9?,10-/m1/s1. The first-order valence-electron chi connectivity index (χ1n) is 4.85. The minimum atomic E-state index is -0.705. The lowest BCUT2D eigenvalue weighted by Crippen LogP contribution is -2.40. The van der Waals surface area contributed by atoms with E-state index in [4.69, 9.17) is 10.8 Å². The van der Waals surface area contributed by atoms with Gasteiger partial charge in [-0.3, -0.25) is 4.79 Å². The van der Waals surface area contributed by atoms with Gasteiger partial charge in [0.15, 0.2) is 0 Å². The van der Waals surface area contributed by atoms with Crippen molar-refractivity contribution in [2.24, 2.45) is 16.6 Å². The third-order valence-corrected chi connectivity index (χ3v) is 3.91. The molecule has 3 nitrogen and oxygen atoms in total. The molecule has 0 aromatic rings. The van der Waals surface area contributed by atoms with Crippen LogP contribution in [0, 0.1) is 10.8 Å². The van der Waals surface area contributed by atoms with E-state index >= 15 is 0 Å². The van der Waals surface area contributed by atoms with Gasteiger partial charge in [-0.1, -0.05) is 20.3 Å². The molecule has 0 aromatic carbocycles. The molecule has 0 radical (unpaired) electrons. The number of hydrogen-bond acceptors (Lipinski definition) is 2. The van der Waals surface area contributed by atoms with Gasteiger partial charge in [-0.25, -0.2) is 0 Å². The molecular weight excluding hydrogens is 166 g/mol. The van der Waals surface area contributed by atoms with E-state index in [1.54, 1.807) is 0 Å². The number of carbonyl (C=O) groups is 1. The number of rotatable bonds is 3. The van der Waals surface area contributed by atoms with Gasteiger partial charge in [0.1, 0.15) is 0 Å². The van der Waals surface area contributed by atoms with Crippen LogP contribution in [0.3, 0.4) is 0 Å². The fourth-order valence-corrected chi connectivity index (χ4v) is 2.46. The van der Waals surface area contributed by atoms with E-state index in [0.29, 0.717) is 6.54 Å². The Morgan fingerprint density at radius 1 is 1.38 bits per heavy atom. The van der Waals surface area contributed by atoms with E-state index in [1.807, 2.05) is 0 Å². The zero-order chi connectivity index (χ0) is 10.1. The lowest BCUT2D eigenvalue weighted by molar-refractivity contribution is -0.141. The highest BCUT2D eigenvalue weighted by atomic mass is 16.4. The fourth-order valence-electron chi connectivity index (χ4n) is 2.46. The van der Waals surface area contributed by atoms with Crippen molar-refractivity contribution < 1.29 is 9.90 Å². The van der Waals surface area contributed by atoms with Crippen LogP contribution in [0.15, 0.2) is 0 Å². The number of hydrogen-bond donors (Lipinski definition) is 2. The second-order valence-corrected chi connectivity index (χ2v) is 4.75. The Balaban J connectivity index is 2.81. The van der Waals surface area contributed by atoms with Gasteiger partial charge in [-0.15, -0.1) is 0 Å². The van der Waals surface area contributed by atoms with Gasteiger partial charge < -0.3 is 10.8 Å². The van der Waals surface area contributed by atoms with Crippen LogP contribution in [0.25, 0.3) is 0 Å². The first-order valence-corrected chi connectivity index (χ1v) is 4.85. The van der Waals surface area contributed by atoms with Gasteiger partial charge in [0.25, 0.3) is 0 Å². The van der Waals surface area contributed by atoms with Crippen LogP contribution in [0.5, 0.6) is 0 Å². The van der Waals surface area contributed by atoms with Crippen LogP contribution in [0.1, 0.15) is 39.5 Å². The van der Waals surface area contributed by atoms with Crippen molar-refractivity contribution in [3.8, 4) is 0 Å². The predicted molar refractivity (Wildman–Crippen MR) is 51.4 cm³/mol. The van der Waals surface area contributed by atoms with Gasteiger partial charge >= 0.3 is 5.97 Å². The third kappa shape index (κ3) is 1.70. The Morgan fingerprint density at radius 2 is 1.92 bits per heavy atom. The van der Waals surface area contributed by atoms with E-state index in [9.17, 15) is 4.79 Å². The van der Waals surface area contributed by atoms with E-state index in [-0.39, 0.29) is 17.3 Å². The minimum absolute atomic E-state index is 0.0192. The summed E-state index contributed by atoms with van der Waals surface area (Å²) in [6, 6.07) is 0. The summed E-state index contributed by atoms with van der Waals surface area (Å²) in [6.45, 7) is 4.76. The molecule has 0 heterocycles. The Hall–Kier alpha value is -0.570. The van der Waals surface area contributed by atoms with E-state index in [0.717, 1.165) is 19.3 Å². The lowest BCUT2D eigenvalue weighted by atomic mass is 9.66. The second-order valence-electron chi connectivity index (χ2n) is 4.75. The smallest absolute Gasteiger partial charge is 0.303 e. The van der Waals surface area contributed by atoms with Crippen LogP contribution in [-0.4, -0.2) is 17.6 Å². The topological polar surface area (TPSA) is 63.3 Å². The quantitative estimate of drug-likeness (QED) is 0.702. The van der Waals surface area contributed by atoms with Crippen LogP contribution < -0.4 is 5.73 Å². The zero-order valence-electron chi connectivity index (χ0n) is 8.47. The molecule has 3 N–H and O–H groups in total. The molecule has 13 heavy (non-hydrogen) atoms. The van der Waals surface area contributed by atoms with Crippen molar-refractivity contribution in [1.29, 1.82) is 0 Å². The predicted octanol–water partition coefficient (Wildman–Crippen LogP) is 1.62. The minimum Gasteiger partial charge on any atom is -0.481 e. The molecule has 0 saturated heterocycles. The molecule has 1 fully saturated rings. The number of carboxylic acid groups (broad SMARTS) is 1. The molecule has 2 atom stereocenters. The van der Waals surface area contributed by atoms with E-state index in [1.165, 1.54) is 0 Å². The largest absolute Gasteiger partial charge is 0.481 e. The maximum atomic E-state index is 10.7. The molecule has 76 valence electrons. The molecule has 1 rings (SSSR count). The summed E-state index contributed by atoms with van der Waals surface area (Å²) in [5.41, 5.74) is 5.64.